The van der Waals surface area contributed by atoms with Gasteiger partial charge in [0.2, 0.25) is 0 Å². The van der Waals surface area contributed by atoms with Crippen molar-refractivity contribution in [3.63, 3.8) is 0 Å². The summed E-state index contributed by atoms with van der Waals surface area (Å²) < 4.78 is 32.0. The number of pyridine rings is 8. The Kier molecular flexibility index (Phi) is 30.7. The van der Waals surface area contributed by atoms with E-state index in [2.05, 4.69) is 83.1 Å². The summed E-state index contributed by atoms with van der Waals surface area (Å²) in [6.07, 6.45) is 22.1. The minimum Gasteiger partial charge on any atom is -0.466 e. The number of esters is 3. The van der Waals surface area contributed by atoms with Gasteiger partial charge in [-0.05, 0) is 209 Å². The molecule has 5 saturated carbocycles. The number of hydrogen-bond donors (Lipinski definition) is 1. The number of aliphatic hydroxyl groups excluding tert-OH is 1. The van der Waals surface area contributed by atoms with Gasteiger partial charge in [-0.3, -0.25) is 39.5 Å². The molecule has 17 rings (SSSR count). The predicted molar refractivity (Wildman–Crippen MR) is 411 cm³/mol. The standard InChI is InChI=1S/C19H21N5O2.C15H13BrN4O.2C11H13NO2.C9H11NO.C7H7N.C5H10O.C4H6N2O2/c25-19-23(13-14-12-15(14)16-4-1-2-7-20-16)21-17-5-3-6-18(24(17)19)22-8-10-26-11-9-22;16-13-5-3-6-14-18-19(15(21)20(13)14)9-10-8-11(10)12-4-1-2-7-17-12;2*1-2-14-11(13)9-7-8(9)10-5-3-4-6-12-10;11-6-7-5-8(7)9-3-1-2-4-10-9;1-2-7-5-3-4-6-8-7;1-2-4-6-5-3-1;1-2-8-4(7)3-6-5/h1-7,14-15H,8-13H2;1-7,10-11H,8-9H2;2*3-6,8-9H,2,7H2,1H3;1-4,7-8,11H,5-6H2;2-6H,1H2;1-5H2;3H,2H2,1H3/t14-,15+;10-,11+;8-,9+;8-,9-;7-,8+;;;/m00010.../s1. The number of fused-ring (bicyclic) bond motifs is 2. The van der Waals surface area contributed by atoms with Crippen molar-refractivity contribution in [1.82, 2.24) is 58.3 Å². The van der Waals surface area contributed by atoms with E-state index in [0.717, 1.165) is 103 Å². The Morgan fingerprint density at radius 3 is 1.31 bits per heavy atom. The first-order valence-corrected chi connectivity index (χ1v) is 37.7. The number of nitrogens with zero attached hydrogens (tertiary/aromatic N) is 15. The summed E-state index contributed by atoms with van der Waals surface area (Å²) in [6, 6.07) is 46.6. The summed E-state index contributed by atoms with van der Waals surface area (Å²) in [5.74, 6) is 3.55. The van der Waals surface area contributed by atoms with E-state index >= 15 is 0 Å². The monoisotopic (exact) mass is 1530 g/mol. The lowest BCUT2D eigenvalue weighted by molar-refractivity contribution is -0.145. The molecule has 7 aliphatic rings. The molecule has 2 aliphatic heterocycles. The zero-order valence-corrected chi connectivity index (χ0v) is 62.8. The lowest BCUT2D eigenvalue weighted by Crippen LogP contribution is -2.38. The van der Waals surface area contributed by atoms with E-state index in [0.29, 0.717) is 106 Å². The molecule has 108 heavy (non-hydrogen) atoms. The highest BCUT2D eigenvalue weighted by molar-refractivity contribution is 9.10. The van der Waals surface area contributed by atoms with Crippen molar-refractivity contribution >= 4 is 63.2 Å². The summed E-state index contributed by atoms with van der Waals surface area (Å²) in [4.78, 5) is 88.3. The quantitative estimate of drug-likeness (QED) is 0.0208. The third-order valence-corrected chi connectivity index (χ3v) is 19.4. The highest BCUT2D eigenvalue weighted by Crippen LogP contribution is 2.50. The molecule has 1 N–H and O–H groups in total. The lowest BCUT2D eigenvalue weighted by atomic mass is 10.2. The molecule has 2 saturated heterocycles. The van der Waals surface area contributed by atoms with Crippen molar-refractivity contribution in [2.45, 2.75) is 115 Å². The van der Waals surface area contributed by atoms with Gasteiger partial charge in [0.25, 0.3) is 0 Å². The first-order chi connectivity index (χ1) is 52.9. The van der Waals surface area contributed by atoms with Crippen molar-refractivity contribution < 1.29 is 48.0 Å². The third-order valence-electron chi connectivity index (χ3n) is 18.8. The summed E-state index contributed by atoms with van der Waals surface area (Å²) in [6.45, 7) is 16.7. The predicted octanol–water partition coefficient (Wildman–Crippen LogP) is 11.4. The van der Waals surface area contributed by atoms with E-state index in [1.807, 2.05) is 172 Å². The molecule has 10 aromatic heterocycles. The van der Waals surface area contributed by atoms with Gasteiger partial charge in [-0.25, -0.2) is 32.5 Å². The van der Waals surface area contributed by atoms with Gasteiger partial charge in [-0.15, -0.1) is 10.2 Å². The van der Waals surface area contributed by atoms with Crippen LogP contribution >= 0.6 is 15.9 Å². The van der Waals surface area contributed by atoms with Crippen LogP contribution in [0, 0.1) is 29.6 Å². The first kappa shape index (κ1) is 80.0. The van der Waals surface area contributed by atoms with Crippen LogP contribution in [-0.2, 0) is 51.2 Å². The Morgan fingerprint density at radius 1 is 0.519 bits per heavy atom. The Labute approximate surface area is 636 Å². The molecular formula is C81H94BrN15O11. The molecule has 26 nitrogen and oxygen atoms in total. The number of rotatable bonds is 18. The van der Waals surface area contributed by atoms with Crippen LogP contribution in [0.4, 0.5) is 5.82 Å². The minimum atomic E-state index is -0.630. The molecule has 566 valence electrons. The lowest BCUT2D eigenvalue weighted by Gasteiger charge is -2.28. The van der Waals surface area contributed by atoms with Gasteiger partial charge in [-0.2, -0.15) is 4.79 Å². The van der Waals surface area contributed by atoms with E-state index in [9.17, 15) is 24.0 Å². The molecule has 12 heterocycles. The number of ether oxygens (including phenoxy) is 5. The topological polar surface area (TPSA) is 313 Å². The van der Waals surface area contributed by atoms with E-state index in [-0.39, 0.29) is 47.0 Å². The zero-order valence-electron chi connectivity index (χ0n) is 61.2. The number of carbonyl (C=O) groups excluding carboxylic acids is 3. The number of carbonyl (C=O) groups is 3. The Morgan fingerprint density at radius 2 is 0.935 bits per heavy atom. The maximum atomic E-state index is 13.0. The van der Waals surface area contributed by atoms with Crippen molar-refractivity contribution in [3.8, 4) is 0 Å². The van der Waals surface area contributed by atoms with Crippen LogP contribution in [0.1, 0.15) is 136 Å². The largest absolute Gasteiger partial charge is 0.466 e. The molecular weight excluding hydrogens is 1440 g/mol. The number of hydrogen-bond acceptors (Lipinski definition) is 20. The number of aliphatic hydroxyl groups is 1. The molecule has 0 spiro atoms. The van der Waals surface area contributed by atoms with Gasteiger partial charge in [0, 0.05) is 141 Å². The van der Waals surface area contributed by atoms with Crippen LogP contribution < -0.4 is 16.3 Å². The van der Waals surface area contributed by atoms with Gasteiger partial charge in [-0.1, -0.05) is 55.1 Å². The highest BCUT2D eigenvalue weighted by atomic mass is 79.9. The maximum Gasteiger partial charge on any atom is 0.413 e. The summed E-state index contributed by atoms with van der Waals surface area (Å²) >= 11 is 3.39. The Balaban J connectivity index is 0.000000138. The summed E-state index contributed by atoms with van der Waals surface area (Å²) in [5.41, 5.74) is 15.2. The Hall–Kier alpha value is -10.6. The smallest absolute Gasteiger partial charge is 0.413 e. The number of halogens is 1. The van der Waals surface area contributed by atoms with Crippen molar-refractivity contribution in [3.05, 3.63) is 255 Å². The molecule has 10 aromatic rings. The van der Waals surface area contributed by atoms with Crippen molar-refractivity contribution in [2.24, 2.45) is 29.6 Å². The van der Waals surface area contributed by atoms with Crippen LogP contribution in [0.3, 0.4) is 0 Å². The zero-order chi connectivity index (χ0) is 76.0. The van der Waals surface area contributed by atoms with Gasteiger partial charge < -0.3 is 39.2 Å². The average Bonchev–Trinajstić information content (AvgIpc) is 1.61. The molecule has 5 aliphatic carbocycles. The first-order valence-electron chi connectivity index (χ1n) is 37.0. The van der Waals surface area contributed by atoms with Crippen LogP contribution in [-0.4, -0.2) is 158 Å². The van der Waals surface area contributed by atoms with Crippen LogP contribution in [0.25, 0.3) is 22.9 Å². The SMILES string of the molecule is C1CCOCC1.C=Cc1ccccn1.CCOC(=O)C=[N+]=[N-].CCOC(=O)[C@@H]1C[C@@H]1c1ccccn1.CCOC(=O)[C@@H]1C[C@H]1c1ccccn1.O=c1n(C[C@@H]2C[C@H]2c2ccccn2)nc2cccc(Br)n12.O=c1n(C[C@@H]2C[C@H]2c2ccccn2)nc2cccc(N3CCOCC3)n12.OC[C@@H]1C[C@H]1c1ccccn1. The van der Waals surface area contributed by atoms with Gasteiger partial charge >= 0.3 is 35.5 Å². The highest BCUT2D eigenvalue weighted by Gasteiger charge is 2.47. The summed E-state index contributed by atoms with van der Waals surface area (Å²) in [5, 5.41) is 17.8. The molecule has 10 atom stereocenters. The summed E-state index contributed by atoms with van der Waals surface area (Å²) in [7, 11) is 0. The minimum absolute atomic E-state index is 0.0462. The molecule has 0 aromatic carbocycles. The van der Waals surface area contributed by atoms with Crippen LogP contribution in [0.2, 0.25) is 0 Å². The fourth-order valence-electron chi connectivity index (χ4n) is 12.7. The molecule has 27 heteroatoms. The number of aromatic nitrogens is 12. The van der Waals surface area contributed by atoms with Crippen molar-refractivity contribution in [1.29, 1.82) is 0 Å². The average molecular weight is 1530 g/mol. The van der Waals surface area contributed by atoms with Crippen LogP contribution in [0.15, 0.2) is 204 Å². The van der Waals surface area contributed by atoms with E-state index < -0.39 is 5.97 Å². The molecule has 0 amide bonds. The normalized spacial score (nSPS) is 21.2. The second kappa shape index (κ2) is 41.5. The number of anilines is 1. The van der Waals surface area contributed by atoms with E-state index in [1.54, 1.807) is 49.8 Å². The van der Waals surface area contributed by atoms with Crippen molar-refractivity contribution in [2.75, 3.05) is 70.8 Å². The van der Waals surface area contributed by atoms with Gasteiger partial charge in [0.05, 0.1) is 55.2 Å². The third kappa shape index (κ3) is 23.7. The molecule has 0 radical (unpaired) electrons. The van der Waals surface area contributed by atoms with Gasteiger partial charge in [0.15, 0.2) is 11.3 Å². The molecule has 0 unspecified atom stereocenters. The fraction of sp³-hybridized carbons (Fsp3) is 0.407. The fourth-order valence-corrected chi connectivity index (χ4v) is 13.2. The number of morpholine rings is 1. The molecule has 7 fully saturated rings. The second-order valence-electron chi connectivity index (χ2n) is 26.4. The molecule has 0 bridgehead atoms. The van der Waals surface area contributed by atoms with Crippen LogP contribution in [0.5, 0.6) is 0 Å². The maximum absolute atomic E-state index is 13.0. The Bertz CT molecular complexity index is 4520. The van der Waals surface area contributed by atoms with E-state index in [1.165, 1.54) is 19.3 Å². The van der Waals surface area contributed by atoms with Gasteiger partial charge in [0.1, 0.15) is 5.82 Å². The second-order valence-corrected chi connectivity index (χ2v) is 27.3. The van der Waals surface area contributed by atoms with E-state index in [4.69, 9.17) is 29.6 Å².